The zero-order valence-corrected chi connectivity index (χ0v) is 12.9. The average Bonchev–Trinajstić information content (AvgIpc) is 2.95. The SMILES string of the molecule is CCCNC(Cc1nccs1)c1c(C)oc(C)c1C. The first-order valence-electron chi connectivity index (χ1n) is 6.81. The van der Waals surface area contributed by atoms with Crippen LogP contribution in [0.1, 0.15) is 47.0 Å². The van der Waals surface area contributed by atoms with Gasteiger partial charge in [-0.3, -0.25) is 0 Å². The molecule has 0 radical (unpaired) electrons. The van der Waals surface area contributed by atoms with Gasteiger partial charge in [0.25, 0.3) is 0 Å². The average molecular weight is 278 g/mol. The summed E-state index contributed by atoms with van der Waals surface area (Å²) in [6.07, 6.45) is 3.93. The molecule has 4 heteroatoms. The topological polar surface area (TPSA) is 38.1 Å². The van der Waals surface area contributed by atoms with Crippen molar-refractivity contribution in [3.63, 3.8) is 0 Å². The quantitative estimate of drug-likeness (QED) is 0.869. The minimum Gasteiger partial charge on any atom is -0.466 e. The molecule has 1 unspecified atom stereocenters. The largest absolute Gasteiger partial charge is 0.466 e. The van der Waals surface area contributed by atoms with E-state index in [1.165, 1.54) is 16.1 Å². The summed E-state index contributed by atoms with van der Waals surface area (Å²) in [5.74, 6) is 2.05. The first-order valence-corrected chi connectivity index (χ1v) is 7.69. The number of hydrogen-bond acceptors (Lipinski definition) is 4. The molecule has 2 aromatic heterocycles. The highest BCUT2D eigenvalue weighted by Crippen LogP contribution is 2.29. The summed E-state index contributed by atoms with van der Waals surface area (Å²) in [5.41, 5.74) is 2.57. The molecule has 0 aliphatic carbocycles. The molecule has 0 saturated heterocycles. The molecule has 0 bridgehead atoms. The highest BCUT2D eigenvalue weighted by molar-refractivity contribution is 7.09. The third-order valence-electron chi connectivity index (χ3n) is 3.47. The maximum Gasteiger partial charge on any atom is 0.106 e. The number of nitrogens with zero attached hydrogens (tertiary/aromatic N) is 1. The number of thiazole rings is 1. The molecule has 2 aromatic rings. The van der Waals surface area contributed by atoms with E-state index in [4.69, 9.17) is 4.42 Å². The Kier molecular flexibility index (Phi) is 4.77. The number of furan rings is 1. The molecule has 104 valence electrons. The van der Waals surface area contributed by atoms with Gasteiger partial charge >= 0.3 is 0 Å². The molecule has 0 spiro atoms. The molecule has 0 aliphatic rings. The molecule has 0 aliphatic heterocycles. The van der Waals surface area contributed by atoms with E-state index in [1.54, 1.807) is 11.3 Å². The van der Waals surface area contributed by atoms with Gasteiger partial charge in [-0.05, 0) is 39.3 Å². The lowest BCUT2D eigenvalue weighted by molar-refractivity contribution is 0.480. The van der Waals surface area contributed by atoms with Crippen LogP contribution in [0, 0.1) is 20.8 Å². The highest BCUT2D eigenvalue weighted by Gasteiger charge is 2.21. The molecule has 0 aromatic carbocycles. The summed E-state index contributed by atoms with van der Waals surface area (Å²) in [5, 5.41) is 6.83. The Morgan fingerprint density at radius 1 is 1.32 bits per heavy atom. The standard InChI is InChI=1S/C15H22N2OS/c1-5-6-16-13(9-14-17-7-8-19-14)15-10(2)11(3)18-12(15)4/h7-8,13,16H,5-6,9H2,1-4H3. The summed E-state index contributed by atoms with van der Waals surface area (Å²) < 4.78 is 5.77. The minimum atomic E-state index is 0.295. The fraction of sp³-hybridized carbons (Fsp3) is 0.533. The Morgan fingerprint density at radius 2 is 2.11 bits per heavy atom. The van der Waals surface area contributed by atoms with Gasteiger partial charge in [-0.1, -0.05) is 6.92 Å². The smallest absolute Gasteiger partial charge is 0.106 e. The molecule has 0 fully saturated rings. The molecule has 2 heterocycles. The van der Waals surface area contributed by atoms with Crippen LogP contribution in [0.3, 0.4) is 0 Å². The van der Waals surface area contributed by atoms with Crippen LogP contribution in [0.5, 0.6) is 0 Å². The lowest BCUT2D eigenvalue weighted by Crippen LogP contribution is -2.25. The monoisotopic (exact) mass is 278 g/mol. The van der Waals surface area contributed by atoms with Gasteiger partial charge in [-0.2, -0.15) is 0 Å². The number of nitrogens with one attached hydrogen (secondary N) is 1. The first kappa shape index (κ1) is 14.3. The summed E-state index contributed by atoms with van der Waals surface area (Å²) in [7, 11) is 0. The number of hydrogen-bond donors (Lipinski definition) is 1. The molecular weight excluding hydrogens is 256 g/mol. The van der Waals surface area contributed by atoms with Crippen molar-refractivity contribution in [3.8, 4) is 0 Å². The van der Waals surface area contributed by atoms with E-state index in [0.717, 1.165) is 30.9 Å². The Morgan fingerprint density at radius 3 is 2.63 bits per heavy atom. The predicted octanol–water partition coefficient (Wildman–Crippen LogP) is 3.94. The fourth-order valence-electron chi connectivity index (χ4n) is 2.44. The van der Waals surface area contributed by atoms with E-state index in [9.17, 15) is 0 Å². The summed E-state index contributed by atoms with van der Waals surface area (Å²) >= 11 is 1.72. The van der Waals surface area contributed by atoms with Crippen LogP contribution in [0.25, 0.3) is 0 Å². The zero-order valence-electron chi connectivity index (χ0n) is 12.1. The van der Waals surface area contributed by atoms with Gasteiger partial charge in [0.1, 0.15) is 11.5 Å². The first-order chi connectivity index (χ1) is 9.13. The lowest BCUT2D eigenvalue weighted by atomic mass is 9.99. The highest BCUT2D eigenvalue weighted by atomic mass is 32.1. The molecule has 0 saturated carbocycles. The van der Waals surface area contributed by atoms with Crippen molar-refractivity contribution in [1.82, 2.24) is 10.3 Å². The third kappa shape index (κ3) is 3.25. The van der Waals surface area contributed by atoms with Crippen molar-refractivity contribution in [2.24, 2.45) is 0 Å². The van der Waals surface area contributed by atoms with Crippen LogP contribution in [0.4, 0.5) is 0 Å². The van der Waals surface area contributed by atoms with Gasteiger partial charge in [0.05, 0.1) is 5.01 Å². The van der Waals surface area contributed by atoms with Crippen molar-refractivity contribution < 1.29 is 4.42 Å². The van der Waals surface area contributed by atoms with Crippen molar-refractivity contribution in [2.75, 3.05) is 6.54 Å². The zero-order chi connectivity index (χ0) is 13.8. The second kappa shape index (κ2) is 6.35. The molecule has 0 amide bonds. The number of aromatic nitrogens is 1. The molecule has 1 atom stereocenters. The van der Waals surface area contributed by atoms with Crippen molar-refractivity contribution in [3.05, 3.63) is 39.2 Å². The molecule has 19 heavy (non-hydrogen) atoms. The third-order valence-corrected chi connectivity index (χ3v) is 4.27. The molecule has 3 nitrogen and oxygen atoms in total. The minimum absolute atomic E-state index is 0.295. The van der Waals surface area contributed by atoms with Crippen LogP contribution in [-0.2, 0) is 6.42 Å². The van der Waals surface area contributed by atoms with Crippen molar-refractivity contribution in [1.29, 1.82) is 0 Å². The van der Waals surface area contributed by atoms with Crippen LogP contribution in [0.15, 0.2) is 16.0 Å². The maximum atomic E-state index is 5.77. The number of aryl methyl sites for hydroxylation is 2. The van der Waals surface area contributed by atoms with E-state index >= 15 is 0 Å². The van der Waals surface area contributed by atoms with E-state index in [1.807, 2.05) is 18.5 Å². The molecule has 1 N–H and O–H groups in total. The van der Waals surface area contributed by atoms with E-state index in [0.29, 0.717) is 6.04 Å². The van der Waals surface area contributed by atoms with E-state index in [-0.39, 0.29) is 0 Å². The van der Waals surface area contributed by atoms with Crippen LogP contribution in [0.2, 0.25) is 0 Å². The lowest BCUT2D eigenvalue weighted by Gasteiger charge is -2.18. The van der Waals surface area contributed by atoms with Gasteiger partial charge in [-0.25, -0.2) is 4.98 Å². The van der Waals surface area contributed by atoms with Gasteiger partial charge in [0.2, 0.25) is 0 Å². The Bertz CT molecular complexity index is 516. The van der Waals surface area contributed by atoms with E-state index in [2.05, 4.69) is 31.1 Å². The Labute approximate surface area is 119 Å². The summed E-state index contributed by atoms with van der Waals surface area (Å²) in [4.78, 5) is 4.40. The fourth-order valence-corrected chi connectivity index (χ4v) is 3.11. The second-order valence-electron chi connectivity index (χ2n) is 4.89. The van der Waals surface area contributed by atoms with Gasteiger partial charge in [0, 0.05) is 29.6 Å². The Hall–Kier alpha value is -1.13. The van der Waals surface area contributed by atoms with Crippen LogP contribution < -0.4 is 5.32 Å². The van der Waals surface area contributed by atoms with Gasteiger partial charge in [-0.15, -0.1) is 11.3 Å². The normalized spacial score (nSPS) is 12.8. The van der Waals surface area contributed by atoms with Gasteiger partial charge < -0.3 is 9.73 Å². The van der Waals surface area contributed by atoms with Crippen molar-refractivity contribution in [2.45, 2.75) is 46.6 Å². The van der Waals surface area contributed by atoms with E-state index < -0.39 is 0 Å². The second-order valence-corrected chi connectivity index (χ2v) is 5.87. The van der Waals surface area contributed by atoms with Crippen LogP contribution in [-0.4, -0.2) is 11.5 Å². The molecular formula is C15H22N2OS. The van der Waals surface area contributed by atoms with Crippen molar-refractivity contribution >= 4 is 11.3 Å². The number of rotatable bonds is 6. The van der Waals surface area contributed by atoms with Crippen LogP contribution >= 0.6 is 11.3 Å². The molecule has 2 rings (SSSR count). The maximum absolute atomic E-state index is 5.77. The Balaban J connectivity index is 2.25. The summed E-state index contributed by atoms with van der Waals surface area (Å²) in [6, 6.07) is 0.295. The van der Waals surface area contributed by atoms with Gasteiger partial charge in [0.15, 0.2) is 0 Å². The predicted molar refractivity (Wildman–Crippen MR) is 79.8 cm³/mol. The summed E-state index contributed by atoms with van der Waals surface area (Å²) in [6.45, 7) is 9.43.